The Labute approximate surface area is 120 Å². The number of carbonyl (C=O) groups is 4. The van der Waals surface area contributed by atoms with Crippen LogP contribution in [0.25, 0.3) is 0 Å². The highest BCUT2D eigenvalue weighted by Gasteiger charge is 2.48. The maximum atomic E-state index is 13.8. The Hall–Kier alpha value is -2.19. The highest BCUT2D eigenvalue weighted by atomic mass is 19.1. The first-order valence-electron chi connectivity index (χ1n) is 6.25. The van der Waals surface area contributed by atoms with E-state index in [4.69, 9.17) is 4.74 Å². The van der Waals surface area contributed by atoms with E-state index in [1.54, 1.807) is 20.8 Å². The molecule has 8 nitrogen and oxygen atoms in total. The fourth-order valence-corrected chi connectivity index (χ4v) is 1.52. The van der Waals surface area contributed by atoms with Crippen LogP contribution < -0.4 is 0 Å². The smallest absolute Gasteiger partial charge is 0.419 e. The largest absolute Gasteiger partial charge is 0.462 e. The van der Waals surface area contributed by atoms with Crippen molar-refractivity contribution in [3.63, 3.8) is 0 Å². The van der Waals surface area contributed by atoms with E-state index in [0.717, 1.165) is 0 Å². The van der Waals surface area contributed by atoms with Crippen molar-refractivity contribution in [1.82, 2.24) is 9.80 Å². The van der Waals surface area contributed by atoms with Crippen LogP contribution in [0, 0.1) is 0 Å². The maximum absolute atomic E-state index is 13.8. The Balaban J connectivity index is 2.84. The number of urea groups is 1. The Morgan fingerprint density at radius 1 is 1.33 bits per heavy atom. The molecule has 0 aromatic carbocycles. The summed E-state index contributed by atoms with van der Waals surface area (Å²) in [6.07, 6.45) is -3.67. The molecule has 0 bridgehead atoms. The normalized spacial score (nSPS) is 17.0. The first-order chi connectivity index (χ1) is 9.58. The molecule has 1 heterocycles. The van der Waals surface area contributed by atoms with Gasteiger partial charge in [-0.15, -0.1) is 0 Å². The summed E-state index contributed by atoms with van der Waals surface area (Å²) in [4.78, 5) is 47.0. The van der Waals surface area contributed by atoms with Crippen LogP contribution in [0.2, 0.25) is 0 Å². The molecule has 1 aliphatic heterocycles. The number of rotatable bonds is 3. The Morgan fingerprint density at radius 3 is 2.38 bits per heavy atom. The molecular weight excluding hydrogens is 287 g/mol. The number of halogens is 1. The monoisotopic (exact) mass is 304 g/mol. The Kier molecular flexibility index (Phi) is 4.87. The van der Waals surface area contributed by atoms with Crippen molar-refractivity contribution >= 4 is 24.0 Å². The molecule has 1 atom stereocenters. The second-order valence-electron chi connectivity index (χ2n) is 5.20. The van der Waals surface area contributed by atoms with Crippen LogP contribution in [0.15, 0.2) is 0 Å². The van der Waals surface area contributed by atoms with Crippen molar-refractivity contribution in [2.24, 2.45) is 0 Å². The highest BCUT2D eigenvalue weighted by molar-refractivity contribution is 6.10. The van der Waals surface area contributed by atoms with Gasteiger partial charge in [0.25, 0.3) is 12.2 Å². The van der Waals surface area contributed by atoms with E-state index in [0.29, 0.717) is 4.90 Å². The molecule has 1 unspecified atom stereocenters. The number of carbonyl (C=O) groups excluding carboxylic acids is 4. The van der Waals surface area contributed by atoms with Gasteiger partial charge in [0, 0.05) is 0 Å². The molecule has 0 aromatic rings. The molecule has 0 N–H and O–H groups in total. The quantitative estimate of drug-likeness (QED) is 0.439. The minimum absolute atomic E-state index is 0.0436. The third-order valence-electron chi connectivity index (χ3n) is 2.32. The molecule has 0 aliphatic carbocycles. The SMILES string of the molecule is CCOC(=O)C(F)N1C(=O)CN(C(=O)OC(C)(C)C)C1=O. The lowest BCUT2D eigenvalue weighted by Gasteiger charge is -2.23. The topological polar surface area (TPSA) is 93.2 Å². The summed E-state index contributed by atoms with van der Waals surface area (Å²) in [6, 6.07) is -1.25. The van der Waals surface area contributed by atoms with Crippen molar-refractivity contribution in [3.05, 3.63) is 0 Å². The number of alkyl halides is 1. The van der Waals surface area contributed by atoms with Gasteiger partial charge in [-0.05, 0) is 27.7 Å². The molecule has 1 rings (SSSR count). The minimum Gasteiger partial charge on any atom is -0.462 e. The van der Waals surface area contributed by atoms with Crippen molar-refractivity contribution in [3.8, 4) is 0 Å². The summed E-state index contributed by atoms with van der Waals surface area (Å²) in [6.45, 7) is 5.37. The van der Waals surface area contributed by atoms with Gasteiger partial charge in [-0.3, -0.25) is 4.79 Å². The van der Waals surface area contributed by atoms with Crippen LogP contribution in [-0.2, 0) is 19.1 Å². The molecular formula is C12H17FN2O6. The fourth-order valence-electron chi connectivity index (χ4n) is 1.52. The first kappa shape index (κ1) is 16.9. The second-order valence-corrected chi connectivity index (χ2v) is 5.20. The Bertz CT molecular complexity index is 473. The van der Waals surface area contributed by atoms with Gasteiger partial charge in [0.15, 0.2) is 0 Å². The number of imide groups is 2. The zero-order chi connectivity index (χ0) is 16.4. The number of nitrogens with zero attached hydrogens (tertiary/aromatic N) is 2. The molecule has 9 heteroatoms. The van der Waals surface area contributed by atoms with E-state index < -0.39 is 42.4 Å². The van der Waals surface area contributed by atoms with Crippen LogP contribution >= 0.6 is 0 Å². The molecule has 0 saturated carbocycles. The van der Waals surface area contributed by atoms with Gasteiger partial charge in [0.05, 0.1) is 6.61 Å². The molecule has 1 saturated heterocycles. The standard InChI is InChI=1S/C12H17FN2O6/c1-5-20-9(17)8(13)15-7(16)6-14(10(15)18)11(19)21-12(2,3)4/h8H,5-6H2,1-4H3. The van der Waals surface area contributed by atoms with Gasteiger partial charge in [-0.2, -0.15) is 0 Å². The lowest BCUT2D eigenvalue weighted by molar-refractivity contribution is -0.158. The van der Waals surface area contributed by atoms with Gasteiger partial charge < -0.3 is 9.47 Å². The number of esters is 1. The number of amides is 4. The van der Waals surface area contributed by atoms with Crippen molar-refractivity contribution in [2.45, 2.75) is 39.6 Å². The van der Waals surface area contributed by atoms with E-state index in [-0.39, 0.29) is 11.5 Å². The van der Waals surface area contributed by atoms with E-state index in [1.807, 2.05) is 0 Å². The average molecular weight is 304 g/mol. The molecule has 1 aliphatic rings. The molecule has 0 radical (unpaired) electrons. The third-order valence-corrected chi connectivity index (χ3v) is 2.32. The van der Waals surface area contributed by atoms with E-state index in [1.165, 1.54) is 6.92 Å². The molecule has 4 amide bonds. The summed E-state index contributed by atoms with van der Waals surface area (Å²) in [7, 11) is 0. The Morgan fingerprint density at radius 2 is 1.90 bits per heavy atom. The molecule has 1 fully saturated rings. The van der Waals surface area contributed by atoms with E-state index >= 15 is 0 Å². The van der Waals surface area contributed by atoms with Crippen molar-refractivity contribution in [1.29, 1.82) is 0 Å². The zero-order valence-corrected chi connectivity index (χ0v) is 12.2. The zero-order valence-electron chi connectivity index (χ0n) is 12.2. The summed E-state index contributed by atoms with van der Waals surface area (Å²) in [5, 5.41) is 0. The summed E-state index contributed by atoms with van der Waals surface area (Å²) in [5.41, 5.74) is -0.885. The number of hydrogen-bond acceptors (Lipinski definition) is 6. The summed E-state index contributed by atoms with van der Waals surface area (Å²) in [5.74, 6) is -2.39. The summed E-state index contributed by atoms with van der Waals surface area (Å²) < 4.78 is 23.1. The molecule has 0 spiro atoms. The van der Waals surface area contributed by atoms with Gasteiger partial charge in [0.1, 0.15) is 12.1 Å². The molecule has 118 valence electrons. The average Bonchev–Trinajstić information content (AvgIpc) is 2.62. The van der Waals surface area contributed by atoms with Crippen LogP contribution in [-0.4, -0.2) is 58.8 Å². The number of hydrogen-bond donors (Lipinski definition) is 0. The van der Waals surface area contributed by atoms with Gasteiger partial charge in [-0.25, -0.2) is 28.6 Å². The molecule has 21 heavy (non-hydrogen) atoms. The van der Waals surface area contributed by atoms with Gasteiger partial charge in [-0.1, -0.05) is 0 Å². The lowest BCUT2D eigenvalue weighted by atomic mass is 10.2. The predicted octanol–water partition coefficient (Wildman–Crippen LogP) is 1.04. The predicted molar refractivity (Wildman–Crippen MR) is 66.7 cm³/mol. The van der Waals surface area contributed by atoms with E-state index in [9.17, 15) is 23.6 Å². The van der Waals surface area contributed by atoms with Gasteiger partial charge >= 0.3 is 18.1 Å². The highest BCUT2D eigenvalue weighted by Crippen LogP contribution is 2.19. The van der Waals surface area contributed by atoms with Crippen LogP contribution in [0.5, 0.6) is 0 Å². The fraction of sp³-hybridized carbons (Fsp3) is 0.667. The summed E-state index contributed by atoms with van der Waals surface area (Å²) >= 11 is 0. The van der Waals surface area contributed by atoms with Crippen molar-refractivity contribution in [2.75, 3.05) is 13.2 Å². The second kappa shape index (κ2) is 6.06. The van der Waals surface area contributed by atoms with Crippen LogP contribution in [0.1, 0.15) is 27.7 Å². The van der Waals surface area contributed by atoms with Crippen LogP contribution in [0.4, 0.5) is 14.0 Å². The van der Waals surface area contributed by atoms with E-state index in [2.05, 4.69) is 4.74 Å². The third kappa shape index (κ3) is 3.89. The maximum Gasteiger partial charge on any atom is 0.419 e. The van der Waals surface area contributed by atoms with Gasteiger partial charge in [0.2, 0.25) is 0 Å². The first-order valence-corrected chi connectivity index (χ1v) is 6.25. The lowest BCUT2D eigenvalue weighted by Crippen LogP contribution is -2.45. The number of ether oxygens (including phenoxy) is 2. The van der Waals surface area contributed by atoms with Crippen molar-refractivity contribution < 1.29 is 33.0 Å². The van der Waals surface area contributed by atoms with Crippen LogP contribution in [0.3, 0.4) is 0 Å². The molecule has 0 aromatic heterocycles. The minimum atomic E-state index is -2.59.